The van der Waals surface area contributed by atoms with Gasteiger partial charge in [0.2, 0.25) is 5.91 Å². The van der Waals surface area contributed by atoms with Crippen molar-refractivity contribution < 1.29 is 22.7 Å². The zero-order valence-corrected chi connectivity index (χ0v) is 14.6. The van der Waals surface area contributed by atoms with Gasteiger partial charge in [0.15, 0.2) is 0 Å². The summed E-state index contributed by atoms with van der Waals surface area (Å²) < 4.78 is 40.7. The summed E-state index contributed by atoms with van der Waals surface area (Å²) in [6.45, 7) is -1.04. The molecule has 0 saturated heterocycles. The summed E-state index contributed by atoms with van der Waals surface area (Å²) in [5.41, 5.74) is 3.04. The van der Waals surface area contributed by atoms with Crippen LogP contribution in [0, 0.1) is 11.3 Å². The average molecular weight is 376 g/mol. The van der Waals surface area contributed by atoms with Crippen LogP contribution in [0.4, 0.5) is 13.2 Å². The Morgan fingerprint density at radius 1 is 1.00 bits per heavy atom. The van der Waals surface area contributed by atoms with E-state index < -0.39 is 12.8 Å². The summed E-state index contributed by atoms with van der Waals surface area (Å²) in [5.74, 6) is -0.100. The monoisotopic (exact) mass is 376 g/mol. The second-order valence-electron chi connectivity index (χ2n) is 6.01. The van der Waals surface area contributed by atoms with Gasteiger partial charge in [0.1, 0.15) is 6.61 Å². The van der Waals surface area contributed by atoms with E-state index in [1.54, 1.807) is 36.4 Å². The zero-order valence-electron chi connectivity index (χ0n) is 14.6. The molecule has 2 aromatic rings. The molecule has 4 nitrogen and oxygen atoms in total. The van der Waals surface area contributed by atoms with Crippen LogP contribution >= 0.6 is 0 Å². The highest BCUT2D eigenvalue weighted by Crippen LogP contribution is 2.16. The van der Waals surface area contributed by atoms with Crippen molar-refractivity contribution in [1.29, 1.82) is 5.26 Å². The van der Waals surface area contributed by atoms with E-state index in [0.29, 0.717) is 30.5 Å². The van der Waals surface area contributed by atoms with Gasteiger partial charge in [-0.25, -0.2) is 0 Å². The second-order valence-corrected chi connectivity index (χ2v) is 6.01. The number of nitrogens with zero attached hydrogens (tertiary/aromatic N) is 1. The summed E-state index contributed by atoms with van der Waals surface area (Å²) in [4.78, 5) is 11.9. The lowest BCUT2D eigenvalue weighted by molar-refractivity contribution is -0.176. The summed E-state index contributed by atoms with van der Waals surface area (Å²) in [5, 5.41) is 11.6. The molecule has 7 heteroatoms. The normalized spacial score (nSPS) is 11.0. The smallest absolute Gasteiger partial charge is 0.367 e. The van der Waals surface area contributed by atoms with Crippen LogP contribution in [0.1, 0.15) is 28.7 Å². The Bertz CT molecular complexity index is 779. The van der Waals surface area contributed by atoms with Gasteiger partial charge in [-0.3, -0.25) is 4.79 Å². The lowest BCUT2D eigenvalue weighted by Crippen LogP contribution is -2.23. The highest BCUT2D eigenvalue weighted by Gasteiger charge is 2.27. The van der Waals surface area contributed by atoms with Crippen LogP contribution in [0.5, 0.6) is 0 Å². The van der Waals surface area contributed by atoms with E-state index in [4.69, 9.17) is 5.26 Å². The van der Waals surface area contributed by atoms with Crippen LogP contribution in [0.2, 0.25) is 0 Å². The first-order valence-corrected chi connectivity index (χ1v) is 8.34. The predicted octanol–water partition coefficient (Wildman–Crippen LogP) is 3.89. The quantitative estimate of drug-likeness (QED) is 0.760. The number of carbonyl (C=O) groups is 1. The van der Waals surface area contributed by atoms with Crippen LogP contribution < -0.4 is 5.32 Å². The SMILES string of the molecule is N#Cc1ccc(CCC(=O)NCc2ccc(COCC(F)(F)F)cc2)cc1. The molecule has 0 aliphatic rings. The van der Waals surface area contributed by atoms with Crippen molar-refractivity contribution in [2.45, 2.75) is 32.2 Å². The average Bonchev–Trinajstić information content (AvgIpc) is 2.65. The number of ether oxygens (including phenoxy) is 1. The molecule has 2 aromatic carbocycles. The third kappa shape index (κ3) is 7.92. The molecule has 0 spiro atoms. The zero-order chi connectivity index (χ0) is 19.7. The van der Waals surface area contributed by atoms with E-state index in [9.17, 15) is 18.0 Å². The minimum absolute atomic E-state index is 0.100. The Balaban J connectivity index is 1.70. The van der Waals surface area contributed by atoms with Crippen molar-refractivity contribution in [2.24, 2.45) is 0 Å². The third-order valence-corrected chi connectivity index (χ3v) is 3.77. The molecule has 0 atom stereocenters. The second kappa shape index (κ2) is 9.74. The number of carbonyl (C=O) groups excluding carboxylic acids is 1. The number of aryl methyl sites for hydroxylation is 1. The molecule has 142 valence electrons. The van der Waals surface area contributed by atoms with E-state index in [0.717, 1.165) is 11.1 Å². The molecular formula is C20H19F3N2O2. The van der Waals surface area contributed by atoms with Gasteiger partial charge in [0.05, 0.1) is 18.2 Å². The number of rotatable bonds is 8. The van der Waals surface area contributed by atoms with Crippen molar-refractivity contribution in [3.8, 4) is 6.07 Å². The standard InChI is InChI=1S/C20H19F3N2O2/c21-20(22,23)14-27-13-18-7-5-17(6-8-18)12-25-19(26)10-9-15-1-3-16(11-24)4-2-15/h1-8H,9-10,12-14H2,(H,25,26). The van der Waals surface area contributed by atoms with Gasteiger partial charge in [-0.05, 0) is 35.2 Å². The van der Waals surface area contributed by atoms with Crippen molar-refractivity contribution in [1.82, 2.24) is 5.32 Å². The van der Waals surface area contributed by atoms with Gasteiger partial charge in [-0.2, -0.15) is 18.4 Å². The molecule has 0 radical (unpaired) electrons. The first-order valence-electron chi connectivity index (χ1n) is 8.34. The maximum atomic E-state index is 12.0. The molecule has 0 aromatic heterocycles. The maximum absolute atomic E-state index is 12.0. The lowest BCUT2D eigenvalue weighted by atomic mass is 10.1. The Hall–Kier alpha value is -2.85. The minimum atomic E-state index is -4.33. The topological polar surface area (TPSA) is 62.1 Å². The lowest BCUT2D eigenvalue weighted by Gasteiger charge is -2.09. The van der Waals surface area contributed by atoms with Gasteiger partial charge in [-0.15, -0.1) is 0 Å². The first kappa shape index (κ1) is 20.5. The molecule has 0 aliphatic heterocycles. The fourth-order valence-corrected chi connectivity index (χ4v) is 2.33. The Kier molecular flexibility index (Phi) is 7.38. The van der Waals surface area contributed by atoms with Crippen LogP contribution in [0.3, 0.4) is 0 Å². The van der Waals surface area contributed by atoms with E-state index in [-0.39, 0.29) is 12.5 Å². The molecule has 0 bridgehead atoms. The summed E-state index contributed by atoms with van der Waals surface area (Å²) in [6, 6.07) is 16.0. The molecule has 0 aliphatic carbocycles. The molecule has 1 amide bonds. The molecule has 27 heavy (non-hydrogen) atoms. The minimum Gasteiger partial charge on any atom is -0.367 e. The molecular weight excluding hydrogens is 357 g/mol. The number of hydrogen-bond donors (Lipinski definition) is 1. The number of benzene rings is 2. The molecule has 0 fully saturated rings. The predicted molar refractivity (Wildman–Crippen MR) is 93.5 cm³/mol. The van der Waals surface area contributed by atoms with Crippen molar-refractivity contribution in [3.05, 3.63) is 70.8 Å². The summed E-state index contributed by atoms with van der Waals surface area (Å²) >= 11 is 0. The fourth-order valence-electron chi connectivity index (χ4n) is 2.33. The Morgan fingerprint density at radius 2 is 1.59 bits per heavy atom. The largest absolute Gasteiger partial charge is 0.411 e. The number of halogens is 3. The van der Waals surface area contributed by atoms with Crippen LogP contribution in [0.15, 0.2) is 48.5 Å². The first-order chi connectivity index (χ1) is 12.9. The van der Waals surface area contributed by atoms with Crippen LogP contribution in [0.25, 0.3) is 0 Å². The molecule has 0 unspecified atom stereocenters. The molecule has 0 saturated carbocycles. The van der Waals surface area contributed by atoms with E-state index in [1.165, 1.54) is 0 Å². The summed E-state index contributed by atoms with van der Waals surface area (Å²) in [7, 11) is 0. The molecule has 0 heterocycles. The Morgan fingerprint density at radius 3 is 2.19 bits per heavy atom. The van der Waals surface area contributed by atoms with Crippen molar-refractivity contribution in [3.63, 3.8) is 0 Å². The highest BCUT2D eigenvalue weighted by atomic mass is 19.4. The number of nitrogens with one attached hydrogen (secondary N) is 1. The van der Waals surface area contributed by atoms with E-state index >= 15 is 0 Å². The van der Waals surface area contributed by atoms with Gasteiger partial charge in [-0.1, -0.05) is 36.4 Å². The van der Waals surface area contributed by atoms with Crippen LogP contribution in [-0.4, -0.2) is 18.7 Å². The fraction of sp³-hybridized carbons (Fsp3) is 0.300. The van der Waals surface area contributed by atoms with Crippen LogP contribution in [-0.2, 0) is 29.1 Å². The number of alkyl halides is 3. The Labute approximate surface area is 155 Å². The molecule has 1 N–H and O–H groups in total. The highest BCUT2D eigenvalue weighted by molar-refractivity contribution is 5.76. The third-order valence-electron chi connectivity index (χ3n) is 3.77. The summed E-state index contributed by atoms with van der Waals surface area (Å²) in [6.07, 6.45) is -3.43. The number of hydrogen-bond acceptors (Lipinski definition) is 3. The molecule has 2 rings (SSSR count). The van der Waals surface area contributed by atoms with Gasteiger partial charge in [0.25, 0.3) is 0 Å². The van der Waals surface area contributed by atoms with Gasteiger partial charge >= 0.3 is 6.18 Å². The van der Waals surface area contributed by atoms with Gasteiger partial charge in [0, 0.05) is 13.0 Å². The van der Waals surface area contributed by atoms with E-state index in [2.05, 4.69) is 10.1 Å². The van der Waals surface area contributed by atoms with Crippen molar-refractivity contribution >= 4 is 5.91 Å². The van der Waals surface area contributed by atoms with E-state index in [1.807, 2.05) is 18.2 Å². The maximum Gasteiger partial charge on any atom is 0.411 e. The number of amides is 1. The van der Waals surface area contributed by atoms with Gasteiger partial charge < -0.3 is 10.1 Å². The number of nitriles is 1. The van der Waals surface area contributed by atoms with Crippen molar-refractivity contribution in [2.75, 3.05) is 6.61 Å².